The highest BCUT2D eigenvalue weighted by atomic mass is 16.5. The van der Waals surface area contributed by atoms with E-state index < -0.39 is 23.8 Å². The molecule has 0 aromatic carbocycles. The zero-order valence-electron chi connectivity index (χ0n) is 15.2. The van der Waals surface area contributed by atoms with Crippen LogP contribution in [0.4, 0.5) is 5.82 Å². The van der Waals surface area contributed by atoms with Gasteiger partial charge in [0.15, 0.2) is 0 Å². The number of amides is 3. The Morgan fingerprint density at radius 3 is 2.96 bits per heavy atom. The molecule has 3 amide bonds. The molecule has 1 aliphatic rings. The predicted molar refractivity (Wildman–Crippen MR) is 96.6 cm³/mol. The number of nitrogens with zero attached hydrogens (tertiary/aromatic N) is 5. The minimum atomic E-state index is -0.801. The number of carbonyl (C=O) groups excluding carboxylic acids is 3. The maximum absolute atomic E-state index is 12.9. The van der Waals surface area contributed by atoms with Crippen molar-refractivity contribution in [2.24, 2.45) is 11.0 Å². The molecule has 27 heavy (non-hydrogen) atoms. The molecule has 2 atom stereocenters. The van der Waals surface area contributed by atoms with Crippen molar-refractivity contribution in [3.8, 4) is 0 Å². The lowest BCUT2D eigenvalue weighted by atomic mass is 9.99. The van der Waals surface area contributed by atoms with Gasteiger partial charge in [0.2, 0.25) is 12.3 Å². The highest BCUT2D eigenvalue weighted by Gasteiger charge is 2.36. The van der Waals surface area contributed by atoms with Gasteiger partial charge >= 0.3 is 0 Å². The molecule has 2 heterocycles. The maximum atomic E-state index is 12.9. The van der Waals surface area contributed by atoms with Gasteiger partial charge in [-0.3, -0.25) is 19.6 Å². The molecule has 1 aliphatic heterocycles. The van der Waals surface area contributed by atoms with Crippen molar-refractivity contribution in [1.29, 1.82) is 0 Å². The second-order valence-corrected chi connectivity index (χ2v) is 6.24. The molecular formula is C17H24N6O4. The van der Waals surface area contributed by atoms with E-state index in [-0.39, 0.29) is 19.4 Å². The van der Waals surface area contributed by atoms with E-state index >= 15 is 0 Å². The lowest BCUT2D eigenvalue weighted by Crippen LogP contribution is -2.46. The van der Waals surface area contributed by atoms with E-state index in [1.165, 1.54) is 18.7 Å². The summed E-state index contributed by atoms with van der Waals surface area (Å²) in [7, 11) is 0. The summed E-state index contributed by atoms with van der Waals surface area (Å²) in [5.74, 6) is -1.13. The SMILES string of the molecule is CCCCC[C@H](CN(O)C=O)C(=O)N1N=CC[C@H]1C(=O)Nc1ccncn1. The van der Waals surface area contributed by atoms with Crippen LogP contribution in [0.3, 0.4) is 0 Å². The topological polar surface area (TPSA) is 128 Å². The minimum absolute atomic E-state index is 0.141. The van der Waals surface area contributed by atoms with Gasteiger partial charge in [0, 0.05) is 18.8 Å². The predicted octanol–water partition coefficient (Wildman–Crippen LogP) is 1.05. The molecule has 0 unspecified atom stereocenters. The summed E-state index contributed by atoms with van der Waals surface area (Å²) < 4.78 is 0. The molecular weight excluding hydrogens is 352 g/mol. The molecule has 2 rings (SSSR count). The third-order valence-corrected chi connectivity index (χ3v) is 4.23. The molecule has 2 N–H and O–H groups in total. The Hall–Kier alpha value is -2.88. The number of anilines is 1. The first-order valence-corrected chi connectivity index (χ1v) is 8.90. The van der Waals surface area contributed by atoms with Gasteiger partial charge in [-0.2, -0.15) is 5.10 Å². The minimum Gasteiger partial charge on any atom is -0.309 e. The average Bonchev–Trinajstić information content (AvgIpc) is 3.17. The zero-order chi connectivity index (χ0) is 19.6. The quantitative estimate of drug-likeness (QED) is 0.272. The van der Waals surface area contributed by atoms with Crippen molar-refractivity contribution >= 4 is 30.3 Å². The highest BCUT2D eigenvalue weighted by molar-refractivity contribution is 5.99. The number of hydrazone groups is 1. The van der Waals surface area contributed by atoms with Crippen molar-refractivity contribution in [3.63, 3.8) is 0 Å². The number of hydrogen-bond acceptors (Lipinski definition) is 7. The summed E-state index contributed by atoms with van der Waals surface area (Å²) in [6.07, 6.45) is 8.01. The van der Waals surface area contributed by atoms with Gasteiger partial charge in [-0.25, -0.2) is 20.0 Å². The summed E-state index contributed by atoms with van der Waals surface area (Å²) in [5, 5.41) is 17.8. The fourth-order valence-corrected chi connectivity index (χ4v) is 2.81. The monoisotopic (exact) mass is 376 g/mol. The van der Waals surface area contributed by atoms with Gasteiger partial charge in [0.1, 0.15) is 18.2 Å². The first-order valence-electron chi connectivity index (χ1n) is 8.90. The normalized spacial score (nSPS) is 16.8. The fraction of sp³-hybridized carbons (Fsp3) is 0.529. The number of rotatable bonds is 10. The smallest absolute Gasteiger partial charge is 0.250 e. The van der Waals surface area contributed by atoms with Crippen molar-refractivity contribution in [3.05, 3.63) is 18.6 Å². The highest BCUT2D eigenvalue weighted by Crippen LogP contribution is 2.21. The number of nitrogens with one attached hydrogen (secondary N) is 1. The molecule has 146 valence electrons. The van der Waals surface area contributed by atoms with E-state index in [1.54, 1.807) is 6.07 Å². The Kier molecular flexibility index (Phi) is 7.80. The molecule has 1 aromatic heterocycles. The summed E-state index contributed by atoms with van der Waals surface area (Å²) in [6.45, 7) is 1.90. The lowest BCUT2D eigenvalue weighted by Gasteiger charge is -2.26. The number of aromatic nitrogens is 2. The molecule has 0 fully saturated rings. The molecule has 0 bridgehead atoms. The lowest BCUT2D eigenvalue weighted by molar-refractivity contribution is -0.158. The van der Waals surface area contributed by atoms with Crippen molar-refractivity contribution in [1.82, 2.24) is 20.0 Å². The van der Waals surface area contributed by atoms with Crippen molar-refractivity contribution < 1.29 is 19.6 Å². The molecule has 10 nitrogen and oxygen atoms in total. The van der Waals surface area contributed by atoms with Gasteiger partial charge in [-0.15, -0.1) is 0 Å². The molecule has 0 saturated heterocycles. The van der Waals surface area contributed by atoms with Gasteiger partial charge in [-0.1, -0.05) is 26.2 Å². The second kappa shape index (κ2) is 10.3. The molecule has 0 spiro atoms. The Labute approximate surface area is 157 Å². The fourth-order valence-electron chi connectivity index (χ4n) is 2.81. The van der Waals surface area contributed by atoms with Crippen LogP contribution < -0.4 is 5.32 Å². The summed E-state index contributed by atoms with van der Waals surface area (Å²) in [6, 6.07) is 0.741. The molecule has 0 aliphatic carbocycles. The first-order chi connectivity index (χ1) is 13.1. The summed E-state index contributed by atoms with van der Waals surface area (Å²) in [4.78, 5) is 43.9. The molecule has 1 aromatic rings. The van der Waals surface area contributed by atoms with E-state index in [0.717, 1.165) is 24.3 Å². The third kappa shape index (κ3) is 5.81. The van der Waals surface area contributed by atoms with Crippen LogP contribution in [0.5, 0.6) is 0 Å². The van der Waals surface area contributed by atoms with Crippen LogP contribution >= 0.6 is 0 Å². The maximum Gasteiger partial charge on any atom is 0.250 e. The van der Waals surface area contributed by atoms with E-state index in [1.807, 2.05) is 6.92 Å². The van der Waals surface area contributed by atoms with Crippen LogP contribution in [0.1, 0.15) is 39.0 Å². The van der Waals surface area contributed by atoms with Crippen LogP contribution in [0.25, 0.3) is 0 Å². The van der Waals surface area contributed by atoms with Crippen LogP contribution in [0.2, 0.25) is 0 Å². The first kappa shape index (κ1) is 20.4. The van der Waals surface area contributed by atoms with E-state index in [9.17, 15) is 19.6 Å². The van der Waals surface area contributed by atoms with E-state index in [0.29, 0.717) is 17.3 Å². The number of carbonyl (C=O) groups is 3. The van der Waals surface area contributed by atoms with E-state index in [2.05, 4.69) is 20.4 Å². The van der Waals surface area contributed by atoms with Crippen LogP contribution in [-0.2, 0) is 14.4 Å². The average molecular weight is 376 g/mol. The number of hydrogen-bond donors (Lipinski definition) is 2. The Morgan fingerprint density at radius 1 is 1.48 bits per heavy atom. The number of unbranched alkanes of at least 4 members (excludes halogenated alkanes) is 2. The van der Waals surface area contributed by atoms with Gasteiger partial charge in [0.25, 0.3) is 5.91 Å². The molecule has 0 radical (unpaired) electrons. The zero-order valence-corrected chi connectivity index (χ0v) is 15.2. The Morgan fingerprint density at radius 2 is 2.30 bits per heavy atom. The van der Waals surface area contributed by atoms with Crippen molar-refractivity contribution in [2.75, 3.05) is 11.9 Å². The van der Waals surface area contributed by atoms with Gasteiger partial charge in [0.05, 0.1) is 12.5 Å². The summed E-state index contributed by atoms with van der Waals surface area (Å²) >= 11 is 0. The largest absolute Gasteiger partial charge is 0.309 e. The Bertz CT molecular complexity index is 669. The van der Waals surface area contributed by atoms with Crippen LogP contribution in [0.15, 0.2) is 23.7 Å². The Balaban J connectivity index is 2.06. The van der Waals surface area contributed by atoms with Crippen LogP contribution in [-0.4, -0.2) is 62.3 Å². The third-order valence-electron chi connectivity index (χ3n) is 4.23. The van der Waals surface area contributed by atoms with Crippen LogP contribution in [0, 0.1) is 5.92 Å². The summed E-state index contributed by atoms with van der Waals surface area (Å²) in [5.41, 5.74) is 0. The van der Waals surface area contributed by atoms with Gasteiger partial charge in [-0.05, 0) is 12.5 Å². The number of hydroxylamine groups is 2. The molecule has 0 saturated carbocycles. The molecule has 10 heteroatoms. The second-order valence-electron chi connectivity index (χ2n) is 6.24. The van der Waals surface area contributed by atoms with E-state index in [4.69, 9.17) is 0 Å². The standard InChI is InChI=1S/C17H24N6O4/c1-2-3-4-5-13(10-22(27)12-24)17(26)23-14(6-9-20-23)16(25)21-15-7-8-18-11-19-15/h7-9,11-14,27H,2-6,10H2,1H3,(H,18,19,21,25)/t13-,14+/m1/s1. The van der Waals surface area contributed by atoms with Gasteiger partial charge < -0.3 is 5.32 Å². The van der Waals surface area contributed by atoms with Crippen molar-refractivity contribution in [2.45, 2.75) is 45.1 Å².